The van der Waals surface area contributed by atoms with Gasteiger partial charge in [0.1, 0.15) is 17.0 Å². The van der Waals surface area contributed by atoms with Crippen molar-refractivity contribution in [3.63, 3.8) is 0 Å². The largest absolute Gasteiger partial charge is 0.466 e. The van der Waals surface area contributed by atoms with E-state index >= 15 is 0 Å². The number of ether oxygens (including phenoxy) is 1. The predicted octanol–water partition coefficient (Wildman–Crippen LogP) is 9.34. The summed E-state index contributed by atoms with van der Waals surface area (Å²) < 4.78 is 13.8. The molecule has 0 saturated heterocycles. The predicted molar refractivity (Wildman–Crippen MR) is 222 cm³/mol. The van der Waals surface area contributed by atoms with Crippen molar-refractivity contribution in [3.05, 3.63) is 102 Å². The van der Waals surface area contributed by atoms with Gasteiger partial charge in [0, 0.05) is 28.0 Å². The maximum atomic E-state index is 6.96. The van der Waals surface area contributed by atoms with E-state index in [4.69, 9.17) is 9.15 Å². The van der Waals surface area contributed by atoms with Crippen molar-refractivity contribution in [2.45, 2.75) is 97.8 Å². The Morgan fingerprint density at radius 3 is 1.81 bits per heavy atom. The van der Waals surface area contributed by atoms with Crippen LogP contribution < -0.4 is 37.1 Å². The smallest absolute Gasteiger partial charge is 0.329 e. The van der Waals surface area contributed by atoms with E-state index in [0.29, 0.717) is 0 Å². The number of furan rings is 1. The molecule has 5 heteroatoms. The van der Waals surface area contributed by atoms with E-state index in [1.165, 1.54) is 72.2 Å². The zero-order valence-corrected chi connectivity index (χ0v) is 32.1. The van der Waals surface area contributed by atoms with E-state index in [9.17, 15) is 0 Å². The van der Waals surface area contributed by atoms with Crippen LogP contribution >= 0.6 is 0 Å². The summed E-state index contributed by atoms with van der Waals surface area (Å²) in [5, 5.41) is 1.04. The summed E-state index contributed by atoms with van der Waals surface area (Å²) >= 11 is 0. The molecule has 0 amide bonds. The molecule has 52 heavy (non-hydrogen) atoms. The molecular weight excluding hydrogens is 632 g/mol. The highest BCUT2D eigenvalue weighted by Gasteiger charge is 2.53. The first-order chi connectivity index (χ1) is 24.9. The van der Waals surface area contributed by atoms with Crippen LogP contribution in [0.15, 0.2) is 89.3 Å². The summed E-state index contributed by atoms with van der Waals surface area (Å²) in [5.74, 6) is 1.80. The van der Waals surface area contributed by atoms with Gasteiger partial charge in [-0.15, -0.1) is 0 Å². The summed E-state index contributed by atoms with van der Waals surface area (Å²) in [4.78, 5) is 2.73. The first kappa shape index (κ1) is 32.1. The second-order valence-electron chi connectivity index (χ2n) is 17.8. The molecule has 4 aliphatic heterocycles. The molecule has 4 aliphatic rings. The fourth-order valence-corrected chi connectivity index (χ4v) is 9.39. The van der Waals surface area contributed by atoms with Crippen LogP contribution in [-0.4, -0.2) is 13.6 Å². The van der Waals surface area contributed by atoms with Gasteiger partial charge in [0.25, 0.3) is 0 Å². The highest BCUT2D eigenvalue weighted by atomic mass is 16.5. The Bertz CT molecular complexity index is 2520. The average Bonchev–Trinajstić information content (AvgIpc) is 3.53. The van der Waals surface area contributed by atoms with Gasteiger partial charge in [0.05, 0.1) is 5.39 Å². The second kappa shape index (κ2) is 10.5. The maximum Gasteiger partial charge on any atom is 0.329 e. The molecule has 0 unspecified atom stereocenters. The Labute approximate surface area is 309 Å². The molecule has 0 saturated carbocycles. The second-order valence-corrected chi connectivity index (χ2v) is 17.8. The third-order valence-electron chi connectivity index (χ3n) is 14.0. The number of anilines is 2. The van der Waals surface area contributed by atoms with Gasteiger partial charge in [-0.05, 0) is 110 Å². The van der Waals surface area contributed by atoms with Crippen LogP contribution in [0.5, 0.6) is 11.5 Å². The average molecular weight is 680 g/mol. The van der Waals surface area contributed by atoms with Crippen LogP contribution in [0.3, 0.4) is 0 Å². The summed E-state index contributed by atoms with van der Waals surface area (Å²) in [6, 6.07) is 32.7. The fraction of sp³-hybridized carbons (Fsp3) is 0.319. The van der Waals surface area contributed by atoms with Gasteiger partial charge in [-0.2, -0.15) is 0 Å². The van der Waals surface area contributed by atoms with Crippen molar-refractivity contribution in [2.24, 2.45) is 0 Å². The fourth-order valence-electron chi connectivity index (χ4n) is 9.39. The normalized spacial score (nSPS) is 14.9. The Kier molecular flexibility index (Phi) is 6.47. The molecule has 258 valence electrons. The molecule has 1 aromatic heterocycles. The molecule has 0 aliphatic carbocycles. The Morgan fingerprint density at radius 1 is 0.577 bits per heavy atom. The highest BCUT2D eigenvalue weighted by molar-refractivity contribution is 7.02. The summed E-state index contributed by atoms with van der Waals surface area (Å²) in [6.07, 6.45) is 3.21. The molecule has 0 bridgehead atoms. The molecule has 10 rings (SSSR count). The minimum absolute atomic E-state index is 0.00531. The van der Waals surface area contributed by atoms with Gasteiger partial charge in [-0.1, -0.05) is 117 Å². The number of nitrogens with zero attached hydrogens (tertiary/aromatic N) is 1. The number of benzene rings is 5. The van der Waals surface area contributed by atoms with Crippen molar-refractivity contribution in [2.75, 3.05) is 4.81 Å². The lowest BCUT2D eigenvalue weighted by Gasteiger charge is -2.50. The van der Waals surface area contributed by atoms with Crippen molar-refractivity contribution >= 4 is 63.4 Å². The Morgan fingerprint density at radius 2 is 1.15 bits per heavy atom. The molecule has 0 spiro atoms. The summed E-state index contributed by atoms with van der Waals surface area (Å²) in [5.41, 5.74) is 19.3. The van der Waals surface area contributed by atoms with Crippen molar-refractivity contribution in [1.29, 1.82) is 0 Å². The zero-order chi connectivity index (χ0) is 36.1. The third-order valence-corrected chi connectivity index (χ3v) is 14.0. The molecule has 0 atom stereocenters. The quantitative estimate of drug-likeness (QED) is 0.164. The summed E-state index contributed by atoms with van der Waals surface area (Å²) in [7, 11) is 0. The Balaban J connectivity index is 1.38. The molecule has 5 aromatic carbocycles. The van der Waals surface area contributed by atoms with E-state index in [1.54, 1.807) is 0 Å². The lowest BCUT2D eigenvalue weighted by atomic mass is 9.32. The van der Waals surface area contributed by atoms with E-state index in [-0.39, 0.29) is 29.8 Å². The highest BCUT2D eigenvalue weighted by Crippen LogP contribution is 2.51. The first-order valence-electron chi connectivity index (χ1n) is 19.5. The monoisotopic (exact) mass is 679 g/mol. The van der Waals surface area contributed by atoms with Gasteiger partial charge >= 0.3 is 13.6 Å². The molecule has 6 aromatic rings. The standard InChI is InChI=1S/C47H47B2NO2/c1-10-45(4,5)27-17-19-30-32-21-22-39-40-42(32)50-41-34(31-20-18-28(46(6,7)11-2)25-36(31)49(50)35(30)24-27)23-29(47(8,9)12-3)26-37(41)48(40)44-43(51-39)33-15-13-14-16-38(33)52-44/h13-26H,10-12H2,1-9H3. The molecular formula is C47H47B2NO2. The van der Waals surface area contributed by atoms with Gasteiger partial charge < -0.3 is 14.0 Å². The van der Waals surface area contributed by atoms with Gasteiger partial charge in [0.2, 0.25) is 0 Å². The third kappa shape index (κ3) is 4.06. The Hall–Kier alpha value is -4.63. The van der Waals surface area contributed by atoms with Gasteiger partial charge in [0.15, 0.2) is 5.75 Å². The van der Waals surface area contributed by atoms with Crippen LogP contribution in [0.25, 0.3) is 33.2 Å². The van der Waals surface area contributed by atoms with Crippen molar-refractivity contribution < 1.29 is 9.15 Å². The molecule has 0 radical (unpaired) electrons. The van der Waals surface area contributed by atoms with E-state index in [2.05, 4.69) is 152 Å². The number of rotatable bonds is 6. The molecule has 0 N–H and O–H groups in total. The summed E-state index contributed by atoms with van der Waals surface area (Å²) in [6.45, 7) is 21.2. The van der Waals surface area contributed by atoms with E-state index in [0.717, 1.165) is 47.4 Å². The van der Waals surface area contributed by atoms with Crippen molar-refractivity contribution in [1.82, 2.24) is 0 Å². The number of fused-ring (bicyclic) bond motifs is 11. The van der Waals surface area contributed by atoms with Crippen LogP contribution in [0, 0.1) is 0 Å². The van der Waals surface area contributed by atoms with Crippen LogP contribution in [0.2, 0.25) is 0 Å². The minimum atomic E-state index is -0.0842. The van der Waals surface area contributed by atoms with Crippen LogP contribution in [-0.2, 0) is 16.2 Å². The van der Waals surface area contributed by atoms with Crippen LogP contribution in [0.1, 0.15) is 98.3 Å². The lowest BCUT2D eigenvalue weighted by Crippen LogP contribution is -2.68. The molecule has 3 nitrogen and oxygen atoms in total. The van der Waals surface area contributed by atoms with Crippen LogP contribution in [0.4, 0.5) is 11.4 Å². The van der Waals surface area contributed by atoms with E-state index < -0.39 is 0 Å². The lowest BCUT2D eigenvalue weighted by molar-refractivity contribution is 0.482. The first-order valence-corrected chi connectivity index (χ1v) is 19.5. The number of hydrogen-bond donors (Lipinski definition) is 0. The van der Waals surface area contributed by atoms with Crippen molar-refractivity contribution in [3.8, 4) is 33.8 Å². The van der Waals surface area contributed by atoms with Gasteiger partial charge in [-0.25, -0.2) is 0 Å². The number of para-hydroxylation sites is 1. The van der Waals surface area contributed by atoms with Gasteiger partial charge in [-0.3, -0.25) is 0 Å². The SMILES string of the molecule is CCC(C)(C)c1ccc2c(c1)B1c3cc(C(C)(C)CC)ccc3-c3ccc4c5c3N1c1c(cc(C(C)(C)CC)cc1-2)B5c1oc2ccccc2c1O4. The molecule has 0 fully saturated rings. The topological polar surface area (TPSA) is 25.6 Å². The zero-order valence-electron chi connectivity index (χ0n) is 32.1. The molecule has 5 heterocycles. The maximum absolute atomic E-state index is 6.96. The number of hydrogen-bond acceptors (Lipinski definition) is 3. The van der Waals surface area contributed by atoms with E-state index in [1.807, 2.05) is 0 Å². The minimum Gasteiger partial charge on any atom is -0.466 e.